The first-order chi connectivity index (χ1) is 9.36. The van der Waals surface area contributed by atoms with Crippen LogP contribution in [0.3, 0.4) is 0 Å². The highest BCUT2D eigenvalue weighted by Gasteiger charge is 2.16. The number of nitrogens with one attached hydrogen (secondary N) is 1. The van der Waals surface area contributed by atoms with Crippen LogP contribution in [0.2, 0.25) is 0 Å². The molecule has 1 atom stereocenters. The number of rotatable bonds is 8. The van der Waals surface area contributed by atoms with Crippen LogP contribution in [0.25, 0.3) is 0 Å². The van der Waals surface area contributed by atoms with Crippen molar-refractivity contribution in [1.29, 1.82) is 0 Å². The summed E-state index contributed by atoms with van der Waals surface area (Å²) in [4.78, 5) is 10.1. The monoisotopic (exact) mass is 300 g/mol. The van der Waals surface area contributed by atoms with Crippen LogP contribution in [0.15, 0.2) is 29.2 Å². The summed E-state index contributed by atoms with van der Waals surface area (Å²) in [5.74, 6) is 0.0561. The minimum Gasteiger partial charge on any atom is -0.315 e. The molecule has 0 aliphatic carbocycles. The second kappa shape index (κ2) is 7.35. The van der Waals surface area contributed by atoms with Gasteiger partial charge in [-0.05, 0) is 38.4 Å². The van der Waals surface area contributed by atoms with Crippen molar-refractivity contribution in [3.8, 4) is 0 Å². The second-order valence-corrected chi connectivity index (χ2v) is 6.78. The van der Waals surface area contributed by atoms with Crippen LogP contribution >= 0.6 is 0 Å². The molecule has 0 spiro atoms. The molecule has 1 aromatic carbocycles. The van der Waals surface area contributed by atoms with E-state index in [0.717, 1.165) is 13.0 Å². The van der Waals surface area contributed by atoms with Crippen molar-refractivity contribution >= 4 is 15.5 Å². The van der Waals surface area contributed by atoms with E-state index in [1.807, 2.05) is 13.8 Å². The van der Waals surface area contributed by atoms with Crippen LogP contribution < -0.4 is 5.32 Å². The predicted molar refractivity (Wildman–Crippen MR) is 77.5 cm³/mol. The molecule has 1 unspecified atom stereocenters. The fraction of sp³-hybridized carbons (Fsp3) is 0.538. The van der Waals surface area contributed by atoms with Gasteiger partial charge in [-0.1, -0.05) is 6.92 Å². The first kappa shape index (κ1) is 16.6. The van der Waals surface area contributed by atoms with E-state index in [0.29, 0.717) is 6.42 Å². The summed E-state index contributed by atoms with van der Waals surface area (Å²) in [5, 5.41) is 13.7. The Balaban J connectivity index is 2.62. The maximum atomic E-state index is 12.1. The number of sulfone groups is 1. The van der Waals surface area contributed by atoms with Gasteiger partial charge in [-0.25, -0.2) is 8.42 Å². The van der Waals surface area contributed by atoms with Crippen molar-refractivity contribution in [3.05, 3.63) is 34.4 Å². The Labute approximate surface area is 119 Å². The zero-order chi connectivity index (χ0) is 15.2. The third-order valence-corrected chi connectivity index (χ3v) is 4.83. The highest BCUT2D eigenvalue weighted by Crippen LogP contribution is 2.18. The van der Waals surface area contributed by atoms with Crippen molar-refractivity contribution in [2.24, 2.45) is 0 Å². The maximum absolute atomic E-state index is 12.1. The summed E-state index contributed by atoms with van der Waals surface area (Å²) in [6.45, 7) is 4.88. The molecule has 0 aliphatic heterocycles. The Morgan fingerprint density at radius 1 is 1.30 bits per heavy atom. The smallest absolute Gasteiger partial charge is 0.269 e. The van der Waals surface area contributed by atoms with Crippen molar-refractivity contribution < 1.29 is 13.3 Å². The molecule has 1 rings (SSSR count). The Kier molecular flexibility index (Phi) is 6.09. The lowest BCUT2D eigenvalue weighted by Crippen LogP contribution is -2.26. The van der Waals surface area contributed by atoms with E-state index in [1.54, 1.807) is 0 Å². The normalized spacial score (nSPS) is 13.1. The van der Waals surface area contributed by atoms with Gasteiger partial charge in [0.1, 0.15) is 0 Å². The summed E-state index contributed by atoms with van der Waals surface area (Å²) in [7, 11) is -3.36. The minimum absolute atomic E-state index is 0.0561. The summed E-state index contributed by atoms with van der Waals surface area (Å²) < 4.78 is 24.1. The topological polar surface area (TPSA) is 89.3 Å². The molecule has 0 heterocycles. The van der Waals surface area contributed by atoms with Gasteiger partial charge in [-0.2, -0.15) is 0 Å². The molecule has 0 radical (unpaired) electrons. The van der Waals surface area contributed by atoms with Gasteiger partial charge in [0.15, 0.2) is 9.84 Å². The lowest BCUT2D eigenvalue weighted by Gasteiger charge is -2.11. The molecule has 0 bridgehead atoms. The fourth-order valence-electron chi connectivity index (χ4n) is 1.92. The number of hydrogen-bond donors (Lipinski definition) is 1. The highest BCUT2D eigenvalue weighted by molar-refractivity contribution is 7.91. The van der Waals surface area contributed by atoms with E-state index < -0.39 is 14.8 Å². The molecule has 0 aliphatic rings. The zero-order valence-electron chi connectivity index (χ0n) is 11.7. The van der Waals surface area contributed by atoms with Crippen LogP contribution in [0.5, 0.6) is 0 Å². The van der Waals surface area contributed by atoms with Crippen molar-refractivity contribution in [1.82, 2.24) is 5.32 Å². The standard InChI is InChI=1S/C13H20N2O4S/c1-3-14-11(2)5-4-10-20(18,19)13-8-6-12(7-9-13)15(16)17/h6-9,11,14H,3-5,10H2,1-2H3. The van der Waals surface area contributed by atoms with Crippen LogP contribution in [0, 0.1) is 10.1 Å². The van der Waals surface area contributed by atoms with E-state index in [4.69, 9.17) is 0 Å². The summed E-state index contributed by atoms with van der Waals surface area (Å²) >= 11 is 0. The molecule has 20 heavy (non-hydrogen) atoms. The molecule has 112 valence electrons. The van der Waals surface area contributed by atoms with E-state index in [2.05, 4.69) is 5.32 Å². The molecule has 0 fully saturated rings. The first-order valence-corrected chi connectivity index (χ1v) is 8.22. The second-order valence-electron chi connectivity index (χ2n) is 4.67. The van der Waals surface area contributed by atoms with Gasteiger partial charge in [0.25, 0.3) is 5.69 Å². The number of hydrogen-bond acceptors (Lipinski definition) is 5. The van der Waals surface area contributed by atoms with Gasteiger partial charge < -0.3 is 5.32 Å². The van der Waals surface area contributed by atoms with Gasteiger partial charge in [-0.3, -0.25) is 10.1 Å². The first-order valence-electron chi connectivity index (χ1n) is 6.57. The summed E-state index contributed by atoms with van der Waals surface area (Å²) in [6.07, 6.45) is 1.34. The zero-order valence-corrected chi connectivity index (χ0v) is 12.5. The van der Waals surface area contributed by atoms with Gasteiger partial charge in [0.2, 0.25) is 0 Å². The molecule has 1 N–H and O–H groups in total. The van der Waals surface area contributed by atoms with Crippen LogP contribution in [0.4, 0.5) is 5.69 Å². The molecule has 0 saturated carbocycles. The minimum atomic E-state index is -3.36. The third kappa shape index (κ3) is 4.90. The molecular formula is C13H20N2O4S. The lowest BCUT2D eigenvalue weighted by molar-refractivity contribution is -0.384. The quantitative estimate of drug-likeness (QED) is 0.587. The van der Waals surface area contributed by atoms with Gasteiger partial charge in [0, 0.05) is 18.2 Å². The van der Waals surface area contributed by atoms with E-state index in [-0.39, 0.29) is 22.4 Å². The number of nitro groups is 1. The van der Waals surface area contributed by atoms with Crippen molar-refractivity contribution in [3.63, 3.8) is 0 Å². The fourth-order valence-corrected chi connectivity index (χ4v) is 3.26. The summed E-state index contributed by atoms with van der Waals surface area (Å²) in [5.41, 5.74) is -0.107. The van der Waals surface area contributed by atoms with E-state index in [1.165, 1.54) is 24.3 Å². The average Bonchev–Trinajstić information content (AvgIpc) is 2.39. The number of nitro benzene ring substituents is 1. The van der Waals surface area contributed by atoms with Gasteiger partial charge >= 0.3 is 0 Å². The Hall–Kier alpha value is -1.47. The Morgan fingerprint density at radius 3 is 2.40 bits per heavy atom. The number of nitrogens with zero attached hydrogens (tertiary/aromatic N) is 1. The van der Waals surface area contributed by atoms with Gasteiger partial charge in [-0.15, -0.1) is 0 Å². The largest absolute Gasteiger partial charge is 0.315 e. The van der Waals surface area contributed by atoms with Crippen LogP contribution in [-0.2, 0) is 9.84 Å². The van der Waals surface area contributed by atoms with Crippen LogP contribution in [-0.4, -0.2) is 31.7 Å². The average molecular weight is 300 g/mol. The number of non-ortho nitro benzene ring substituents is 1. The highest BCUT2D eigenvalue weighted by atomic mass is 32.2. The van der Waals surface area contributed by atoms with Gasteiger partial charge in [0.05, 0.1) is 15.6 Å². The molecule has 7 heteroatoms. The number of benzene rings is 1. The molecular weight excluding hydrogens is 280 g/mol. The van der Waals surface area contributed by atoms with Crippen molar-refractivity contribution in [2.75, 3.05) is 12.3 Å². The predicted octanol–water partition coefficient (Wildman–Crippen LogP) is 2.15. The maximum Gasteiger partial charge on any atom is 0.269 e. The molecule has 6 nitrogen and oxygen atoms in total. The van der Waals surface area contributed by atoms with E-state index in [9.17, 15) is 18.5 Å². The molecule has 1 aromatic rings. The van der Waals surface area contributed by atoms with E-state index >= 15 is 0 Å². The molecule has 0 saturated heterocycles. The van der Waals surface area contributed by atoms with Crippen LogP contribution in [0.1, 0.15) is 26.7 Å². The van der Waals surface area contributed by atoms with Crippen molar-refractivity contribution in [2.45, 2.75) is 37.6 Å². The Bertz CT molecular complexity index is 540. The lowest BCUT2D eigenvalue weighted by atomic mass is 10.2. The molecule has 0 aromatic heterocycles. The SMILES string of the molecule is CCNC(C)CCCS(=O)(=O)c1ccc([N+](=O)[O-])cc1. The summed E-state index contributed by atoms with van der Waals surface area (Å²) in [6, 6.07) is 5.30. The third-order valence-electron chi connectivity index (χ3n) is 3.01. The Morgan fingerprint density at radius 2 is 1.90 bits per heavy atom. The molecule has 0 amide bonds.